The second-order valence-electron chi connectivity index (χ2n) is 5.50. The number of nitrogens with one attached hydrogen (secondary N) is 1. The molecular formula is C15H21ClN2O. The van der Waals surface area contributed by atoms with Crippen molar-refractivity contribution in [3.05, 3.63) is 29.3 Å². The van der Waals surface area contributed by atoms with Crippen LogP contribution in [0.25, 0.3) is 0 Å². The number of likely N-dealkylation sites (tertiary alicyclic amines) is 1. The molecule has 0 aromatic heterocycles. The van der Waals surface area contributed by atoms with Crippen molar-refractivity contribution in [3.8, 4) is 5.75 Å². The van der Waals surface area contributed by atoms with E-state index in [0.29, 0.717) is 17.7 Å². The lowest BCUT2D eigenvalue weighted by Gasteiger charge is -2.24. The molecule has 2 atom stereocenters. The predicted molar refractivity (Wildman–Crippen MR) is 77.9 cm³/mol. The van der Waals surface area contributed by atoms with E-state index in [1.165, 1.54) is 25.9 Å². The zero-order valence-corrected chi connectivity index (χ0v) is 11.9. The molecule has 19 heavy (non-hydrogen) atoms. The summed E-state index contributed by atoms with van der Waals surface area (Å²) in [5, 5.41) is 4.32. The second kappa shape index (κ2) is 6.12. The predicted octanol–water partition coefficient (Wildman–Crippen LogP) is 2.40. The van der Waals surface area contributed by atoms with Gasteiger partial charge in [-0.05, 0) is 37.4 Å². The lowest BCUT2D eigenvalue weighted by atomic mass is 9.94. The van der Waals surface area contributed by atoms with Crippen LogP contribution in [-0.4, -0.2) is 43.7 Å². The summed E-state index contributed by atoms with van der Waals surface area (Å²) >= 11 is 6.07. The number of rotatable bonds is 4. The summed E-state index contributed by atoms with van der Waals surface area (Å²) in [5.41, 5.74) is 0. The van der Waals surface area contributed by atoms with Gasteiger partial charge >= 0.3 is 0 Å². The Morgan fingerprint density at radius 2 is 2.21 bits per heavy atom. The van der Waals surface area contributed by atoms with Gasteiger partial charge < -0.3 is 10.1 Å². The molecule has 2 fully saturated rings. The van der Waals surface area contributed by atoms with E-state index in [-0.39, 0.29) is 0 Å². The van der Waals surface area contributed by atoms with E-state index in [1.807, 2.05) is 24.3 Å². The Labute approximate surface area is 119 Å². The lowest BCUT2D eigenvalue weighted by molar-refractivity contribution is 0.232. The van der Waals surface area contributed by atoms with Crippen LogP contribution in [0.5, 0.6) is 5.75 Å². The van der Waals surface area contributed by atoms with Gasteiger partial charge in [0, 0.05) is 25.7 Å². The largest absolute Gasteiger partial charge is 0.491 e. The summed E-state index contributed by atoms with van der Waals surface area (Å²) in [4.78, 5) is 2.50. The van der Waals surface area contributed by atoms with Crippen LogP contribution in [0, 0.1) is 5.92 Å². The zero-order valence-electron chi connectivity index (χ0n) is 11.1. The van der Waals surface area contributed by atoms with E-state index in [0.717, 1.165) is 24.8 Å². The maximum Gasteiger partial charge on any atom is 0.137 e. The van der Waals surface area contributed by atoms with E-state index >= 15 is 0 Å². The van der Waals surface area contributed by atoms with Crippen molar-refractivity contribution in [2.75, 3.05) is 32.8 Å². The number of piperidine rings is 1. The third kappa shape index (κ3) is 3.22. The van der Waals surface area contributed by atoms with Gasteiger partial charge in [0.2, 0.25) is 0 Å². The van der Waals surface area contributed by atoms with E-state index in [2.05, 4.69) is 10.2 Å². The molecule has 0 saturated carbocycles. The van der Waals surface area contributed by atoms with Crippen molar-refractivity contribution in [1.82, 2.24) is 10.2 Å². The van der Waals surface area contributed by atoms with Crippen LogP contribution >= 0.6 is 11.6 Å². The number of ether oxygens (including phenoxy) is 1. The Balaban J connectivity index is 1.45. The molecule has 104 valence electrons. The van der Waals surface area contributed by atoms with Gasteiger partial charge in [-0.25, -0.2) is 0 Å². The molecule has 0 aliphatic carbocycles. The number of fused-ring (bicyclic) bond motifs is 1. The fourth-order valence-corrected chi connectivity index (χ4v) is 3.36. The molecular weight excluding hydrogens is 260 g/mol. The number of para-hydroxylation sites is 1. The highest BCUT2D eigenvalue weighted by Crippen LogP contribution is 2.25. The molecule has 0 spiro atoms. The first-order valence-electron chi connectivity index (χ1n) is 7.16. The van der Waals surface area contributed by atoms with E-state index in [4.69, 9.17) is 16.3 Å². The molecule has 1 aromatic rings. The molecule has 1 aromatic carbocycles. The van der Waals surface area contributed by atoms with Crippen molar-refractivity contribution in [1.29, 1.82) is 0 Å². The molecule has 3 rings (SSSR count). The molecule has 2 aliphatic heterocycles. The third-order valence-electron chi connectivity index (χ3n) is 4.18. The van der Waals surface area contributed by atoms with Crippen LogP contribution in [0.4, 0.5) is 0 Å². The van der Waals surface area contributed by atoms with Crippen LogP contribution in [0.3, 0.4) is 0 Å². The summed E-state index contributed by atoms with van der Waals surface area (Å²) in [6.07, 6.45) is 2.70. The van der Waals surface area contributed by atoms with Crippen LogP contribution < -0.4 is 10.1 Å². The average molecular weight is 281 g/mol. The van der Waals surface area contributed by atoms with Crippen molar-refractivity contribution in [2.24, 2.45) is 5.92 Å². The number of nitrogens with zero attached hydrogens (tertiary/aromatic N) is 1. The first-order valence-corrected chi connectivity index (χ1v) is 7.54. The third-order valence-corrected chi connectivity index (χ3v) is 4.49. The van der Waals surface area contributed by atoms with Crippen LogP contribution in [0.2, 0.25) is 5.02 Å². The summed E-state index contributed by atoms with van der Waals surface area (Å²) in [7, 11) is 0. The summed E-state index contributed by atoms with van der Waals surface area (Å²) < 4.78 is 5.76. The minimum Gasteiger partial charge on any atom is -0.491 e. The fourth-order valence-electron chi connectivity index (χ4n) is 3.17. The van der Waals surface area contributed by atoms with Crippen LogP contribution in [0.1, 0.15) is 12.8 Å². The van der Waals surface area contributed by atoms with Gasteiger partial charge in [0.1, 0.15) is 12.4 Å². The van der Waals surface area contributed by atoms with Crippen molar-refractivity contribution < 1.29 is 4.74 Å². The average Bonchev–Trinajstić information content (AvgIpc) is 2.83. The number of hydrogen-bond donors (Lipinski definition) is 1. The number of benzene rings is 1. The molecule has 0 radical (unpaired) electrons. The molecule has 0 unspecified atom stereocenters. The quantitative estimate of drug-likeness (QED) is 0.917. The SMILES string of the molecule is Clc1ccccc1OCCN1C[C@@H]2CCCN[C@@H]2C1. The monoisotopic (exact) mass is 280 g/mol. The van der Waals surface area contributed by atoms with E-state index in [9.17, 15) is 0 Å². The summed E-state index contributed by atoms with van der Waals surface area (Å²) in [6, 6.07) is 8.37. The molecule has 0 bridgehead atoms. The van der Waals surface area contributed by atoms with Crippen LogP contribution in [-0.2, 0) is 0 Å². The van der Waals surface area contributed by atoms with Crippen molar-refractivity contribution in [2.45, 2.75) is 18.9 Å². The Bertz CT molecular complexity index is 412. The normalized spacial score (nSPS) is 27.2. The zero-order chi connectivity index (χ0) is 13.1. The Kier molecular flexibility index (Phi) is 4.26. The molecule has 1 N–H and O–H groups in total. The highest BCUT2D eigenvalue weighted by atomic mass is 35.5. The first-order chi connectivity index (χ1) is 9.33. The molecule has 2 saturated heterocycles. The van der Waals surface area contributed by atoms with E-state index in [1.54, 1.807) is 0 Å². The van der Waals surface area contributed by atoms with Gasteiger partial charge in [-0.1, -0.05) is 23.7 Å². The highest BCUT2D eigenvalue weighted by molar-refractivity contribution is 6.32. The lowest BCUT2D eigenvalue weighted by Crippen LogP contribution is -2.40. The molecule has 4 heteroatoms. The summed E-state index contributed by atoms with van der Waals surface area (Å²) in [6.45, 7) is 5.26. The molecule has 2 aliphatic rings. The number of hydrogen-bond acceptors (Lipinski definition) is 3. The topological polar surface area (TPSA) is 24.5 Å². The van der Waals surface area contributed by atoms with E-state index < -0.39 is 0 Å². The van der Waals surface area contributed by atoms with Gasteiger partial charge in [0.05, 0.1) is 5.02 Å². The van der Waals surface area contributed by atoms with Gasteiger partial charge in [-0.2, -0.15) is 0 Å². The highest BCUT2D eigenvalue weighted by Gasteiger charge is 2.33. The minimum absolute atomic E-state index is 0.694. The van der Waals surface area contributed by atoms with Gasteiger partial charge in [-0.3, -0.25) is 4.90 Å². The Morgan fingerprint density at radius 3 is 3.05 bits per heavy atom. The van der Waals surface area contributed by atoms with Gasteiger partial charge in [0.25, 0.3) is 0 Å². The maximum atomic E-state index is 6.07. The van der Waals surface area contributed by atoms with Crippen molar-refractivity contribution >= 4 is 11.6 Å². The Hall–Kier alpha value is -0.770. The van der Waals surface area contributed by atoms with Crippen LogP contribution in [0.15, 0.2) is 24.3 Å². The van der Waals surface area contributed by atoms with Gasteiger partial charge in [0.15, 0.2) is 0 Å². The minimum atomic E-state index is 0.694. The molecule has 2 heterocycles. The standard InChI is InChI=1S/C15H21ClN2O/c16-13-5-1-2-6-15(13)19-9-8-18-10-12-4-3-7-17-14(12)11-18/h1-2,5-6,12,14,17H,3-4,7-11H2/t12-,14+/m0/s1. The summed E-state index contributed by atoms with van der Waals surface area (Å²) in [5.74, 6) is 1.63. The fraction of sp³-hybridized carbons (Fsp3) is 0.600. The molecule has 3 nitrogen and oxygen atoms in total. The smallest absolute Gasteiger partial charge is 0.137 e. The first kappa shape index (κ1) is 13.2. The maximum absolute atomic E-state index is 6.07. The molecule has 0 amide bonds. The Morgan fingerprint density at radius 1 is 1.32 bits per heavy atom. The second-order valence-corrected chi connectivity index (χ2v) is 5.91. The van der Waals surface area contributed by atoms with Crippen molar-refractivity contribution in [3.63, 3.8) is 0 Å². The number of halogens is 1. The van der Waals surface area contributed by atoms with Gasteiger partial charge in [-0.15, -0.1) is 0 Å².